The highest BCUT2D eigenvalue weighted by Gasteiger charge is 2.23. The van der Waals surface area contributed by atoms with Crippen molar-refractivity contribution in [1.29, 1.82) is 0 Å². The number of carbonyl (C=O) groups excluding carboxylic acids is 1. The number of benzene rings is 2. The number of hydrogen-bond acceptors (Lipinski definition) is 7. The highest BCUT2D eigenvalue weighted by Crippen LogP contribution is 2.39. The van der Waals surface area contributed by atoms with Gasteiger partial charge in [-0.05, 0) is 31.2 Å². The lowest BCUT2D eigenvalue weighted by atomic mass is 10.0. The smallest absolute Gasteiger partial charge is 0.193 e. The third-order valence-corrected chi connectivity index (χ3v) is 4.18. The Morgan fingerprint density at radius 1 is 1.00 bits per heavy atom. The second-order valence-electron chi connectivity index (χ2n) is 5.78. The average molecular weight is 370 g/mol. The van der Waals surface area contributed by atoms with Gasteiger partial charge < -0.3 is 23.7 Å². The van der Waals surface area contributed by atoms with E-state index in [9.17, 15) is 14.7 Å². The van der Waals surface area contributed by atoms with Crippen LogP contribution in [-0.2, 0) is 0 Å². The van der Waals surface area contributed by atoms with E-state index < -0.39 is 0 Å². The number of ketones is 1. The molecular formula is C20H18O7. The van der Waals surface area contributed by atoms with Crippen molar-refractivity contribution in [3.63, 3.8) is 0 Å². The molecule has 0 atom stereocenters. The largest absolute Gasteiger partial charge is 0.504 e. The fourth-order valence-corrected chi connectivity index (χ4v) is 2.90. The van der Waals surface area contributed by atoms with Crippen LogP contribution in [0.4, 0.5) is 0 Å². The summed E-state index contributed by atoms with van der Waals surface area (Å²) in [7, 11) is 4.25. The highest BCUT2D eigenvalue weighted by molar-refractivity contribution is 6.08. The van der Waals surface area contributed by atoms with Crippen LogP contribution in [0.5, 0.6) is 23.0 Å². The molecule has 0 fully saturated rings. The van der Waals surface area contributed by atoms with Crippen molar-refractivity contribution >= 4 is 16.8 Å². The molecule has 140 valence electrons. The molecule has 0 aliphatic rings. The molecule has 0 aliphatic carbocycles. The van der Waals surface area contributed by atoms with Gasteiger partial charge in [-0.25, -0.2) is 0 Å². The topological polar surface area (TPSA) is 95.2 Å². The Kier molecular flexibility index (Phi) is 4.77. The van der Waals surface area contributed by atoms with Crippen LogP contribution >= 0.6 is 0 Å². The SMILES string of the molecule is COc1cc(-c2cc(=O)c3cc(OC)c(OC)c(C(C)=O)c3o2)ccc1O. The molecule has 2 aromatic carbocycles. The summed E-state index contributed by atoms with van der Waals surface area (Å²) in [5, 5.41) is 9.96. The first-order valence-corrected chi connectivity index (χ1v) is 8.02. The van der Waals surface area contributed by atoms with Crippen LogP contribution in [0.3, 0.4) is 0 Å². The van der Waals surface area contributed by atoms with Crippen molar-refractivity contribution in [3.8, 4) is 34.3 Å². The van der Waals surface area contributed by atoms with E-state index in [1.165, 1.54) is 52.5 Å². The number of fused-ring (bicyclic) bond motifs is 1. The molecule has 0 aliphatic heterocycles. The van der Waals surface area contributed by atoms with Gasteiger partial charge in [-0.15, -0.1) is 0 Å². The zero-order valence-electron chi connectivity index (χ0n) is 15.3. The summed E-state index contributed by atoms with van der Waals surface area (Å²) in [5.41, 5.74) is 0.390. The minimum Gasteiger partial charge on any atom is -0.504 e. The summed E-state index contributed by atoms with van der Waals surface area (Å²) in [6.07, 6.45) is 0. The van der Waals surface area contributed by atoms with E-state index in [0.717, 1.165) is 0 Å². The van der Waals surface area contributed by atoms with Crippen molar-refractivity contribution in [2.45, 2.75) is 6.92 Å². The Morgan fingerprint density at radius 2 is 1.70 bits per heavy atom. The lowest BCUT2D eigenvalue weighted by Gasteiger charge is -2.14. The first-order valence-electron chi connectivity index (χ1n) is 8.02. The fourth-order valence-electron chi connectivity index (χ4n) is 2.90. The van der Waals surface area contributed by atoms with Crippen molar-refractivity contribution in [3.05, 3.63) is 46.1 Å². The molecule has 0 saturated carbocycles. The quantitative estimate of drug-likeness (QED) is 0.688. The summed E-state index contributed by atoms with van der Waals surface area (Å²) in [6.45, 7) is 1.35. The second kappa shape index (κ2) is 7.03. The van der Waals surface area contributed by atoms with Crippen LogP contribution in [0.1, 0.15) is 17.3 Å². The van der Waals surface area contributed by atoms with Crippen LogP contribution in [-0.4, -0.2) is 32.2 Å². The highest BCUT2D eigenvalue weighted by atomic mass is 16.5. The molecule has 1 aromatic heterocycles. The summed E-state index contributed by atoms with van der Waals surface area (Å²) < 4.78 is 21.6. The Hall–Kier alpha value is -3.48. The van der Waals surface area contributed by atoms with Crippen LogP contribution in [0.25, 0.3) is 22.3 Å². The zero-order chi connectivity index (χ0) is 19.7. The molecule has 3 rings (SSSR count). The number of aromatic hydroxyl groups is 1. The number of phenols is 1. The minimum atomic E-state index is -0.346. The van der Waals surface area contributed by atoms with Gasteiger partial charge in [-0.3, -0.25) is 9.59 Å². The molecule has 0 spiro atoms. The molecule has 27 heavy (non-hydrogen) atoms. The van der Waals surface area contributed by atoms with E-state index >= 15 is 0 Å². The Balaban J connectivity index is 2.38. The van der Waals surface area contributed by atoms with Gasteiger partial charge in [0.2, 0.25) is 0 Å². The maximum Gasteiger partial charge on any atom is 0.193 e. The van der Waals surface area contributed by atoms with Gasteiger partial charge in [0.15, 0.2) is 39.8 Å². The van der Waals surface area contributed by atoms with E-state index in [-0.39, 0.29) is 56.5 Å². The first kappa shape index (κ1) is 18.3. The third kappa shape index (κ3) is 3.08. The van der Waals surface area contributed by atoms with Crippen molar-refractivity contribution in [1.82, 2.24) is 0 Å². The zero-order valence-corrected chi connectivity index (χ0v) is 15.3. The number of carbonyl (C=O) groups is 1. The fraction of sp³-hybridized carbons (Fsp3) is 0.200. The Bertz CT molecular complexity index is 1100. The number of methoxy groups -OCH3 is 3. The Morgan fingerprint density at radius 3 is 2.30 bits per heavy atom. The molecule has 0 saturated heterocycles. The van der Waals surface area contributed by atoms with Gasteiger partial charge in [0, 0.05) is 11.6 Å². The number of hydrogen-bond donors (Lipinski definition) is 1. The Labute approximate surface area is 154 Å². The van der Waals surface area contributed by atoms with Crippen LogP contribution in [0.15, 0.2) is 39.5 Å². The first-order chi connectivity index (χ1) is 12.9. The monoisotopic (exact) mass is 370 g/mol. The molecule has 0 unspecified atom stereocenters. The van der Waals surface area contributed by atoms with Crippen molar-refractivity contribution < 1.29 is 28.5 Å². The molecular weight excluding hydrogens is 352 g/mol. The predicted octanol–water partition coefficient (Wildman–Crippen LogP) is 3.39. The molecule has 7 heteroatoms. The summed E-state index contributed by atoms with van der Waals surface area (Å²) >= 11 is 0. The average Bonchev–Trinajstić information content (AvgIpc) is 2.66. The molecule has 7 nitrogen and oxygen atoms in total. The molecule has 3 aromatic rings. The van der Waals surface area contributed by atoms with Gasteiger partial charge in [0.1, 0.15) is 11.3 Å². The second-order valence-corrected chi connectivity index (χ2v) is 5.78. The van der Waals surface area contributed by atoms with Crippen LogP contribution < -0.4 is 19.6 Å². The lowest BCUT2D eigenvalue weighted by molar-refractivity contribution is 0.101. The van der Waals surface area contributed by atoms with Gasteiger partial charge in [0.05, 0.1) is 26.7 Å². The molecule has 0 radical (unpaired) electrons. The van der Waals surface area contributed by atoms with E-state index in [0.29, 0.717) is 5.56 Å². The number of phenolic OH excluding ortho intramolecular Hbond substituents is 1. The molecule has 0 bridgehead atoms. The van der Waals surface area contributed by atoms with Crippen LogP contribution in [0, 0.1) is 0 Å². The normalized spacial score (nSPS) is 10.7. The summed E-state index contributed by atoms with van der Waals surface area (Å²) in [6, 6.07) is 7.33. The molecule has 0 amide bonds. The maximum atomic E-state index is 12.7. The van der Waals surface area contributed by atoms with E-state index in [2.05, 4.69) is 0 Å². The molecule has 1 N–H and O–H groups in total. The summed E-state index contributed by atoms with van der Waals surface area (Å²) in [4.78, 5) is 24.9. The van der Waals surface area contributed by atoms with E-state index in [1.807, 2.05) is 0 Å². The van der Waals surface area contributed by atoms with E-state index in [1.54, 1.807) is 6.07 Å². The van der Waals surface area contributed by atoms with Gasteiger partial charge in [0.25, 0.3) is 0 Å². The molecule has 1 heterocycles. The summed E-state index contributed by atoms with van der Waals surface area (Å²) in [5.74, 6) is 0.539. The predicted molar refractivity (Wildman–Crippen MR) is 99.2 cm³/mol. The lowest BCUT2D eigenvalue weighted by Crippen LogP contribution is -2.07. The van der Waals surface area contributed by atoms with Crippen molar-refractivity contribution in [2.24, 2.45) is 0 Å². The maximum absolute atomic E-state index is 12.7. The van der Waals surface area contributed by atoms with Gasteiger partial charge in [-0.1, -0.05) is 0 Å². The number of rotatable bonds is 5. The van der Waals surface area contributed by atoms with Crippen molar-refractivity contribution in [2.75, 3.05) is 21.3 Å². The standard InChI is InChI=1S/C20H18O7/c1-10(21)18-19-12(8-17(25-3)20(18)26-4)14(23)9-15(27-19)11-5-6-13(22)16(7-11)24-2/h5-9,22H,1-4H3. The number of Topliss-reactive ketones (excluding diaryl/α,β-unsaturated/α-hetero) is 1. The number of ether oxygens (including phenoxy) is 3. The van der Waals surface area contributed by atoms with E-state index in [4.69, 9.17) is 18.6 Å². The third-order valence-electron chi connectivity index (χ3n) is 4.18. The minimum absolute atomic E-state index is 0.0415. The van der Waals surface area contributed by atoms with Gasteiger partial charge in [-0.2, -0.15) is 0 Å². The van der Waals surface area contributed by atoms with Gasteiger partial charge >= 0.3 is 0 Å². The van der Waals surface area contributed by atoms with Crippen LogP contribution in [0.2, 0.25) is 0 Å².